The third-order valence-electron chi connectivity index (χ3n) is 4.05. The molecule has 0 spiro atoms. The second kappa shape index (κ2) is 8.25. The number of amides is 2. The van der Waals surface area contributed by atoms with Crippen LogP contribution in [0, 0.1) is 5.92 Å². The van der Waals surface area contributed by atoms with E-state index < -0.39 is 0 Å². The van der Waals surface area contributed by atoms with Crippen LogP contribution in [0.4, 0.5) is 0 Å². The van der Waals surface area contributed by atoms with Crippen LogP contribution >= 0.6 is 0 Å². The molecular weight excluding hydrogens is 254 g/mol. The van der Waals surface area contributed by atoms with Crippen LogP contribution in [0.5, 0.6) is 0 Å². The Bertz CT molecular complexity index is 329. The molecule has 2 N–H and O–H groups in total. The average molecular weight is 283 g/mol. The monoisotopic (exact) mass is 283 g/mol. The molecule has 1 fully saturated rings. The molecule has 0 aromatic rings. The van der Waals surface area contributed by atoms with Crippen molar-refractivity contribution in [3.63, 3.8) is 0 Å². The summed E-state index contributed by atoms with van der Waals surface area (Å²) in [6.07, 6.45) is 2.26. The summed E-state index contributed by atoms with van der Waals surface area (Å²) in [5.41, 5.74) is 0. The molecule has 5 nitrogen and oxygen atoms in total. The van der Waals surface area contributed by atoms with Gasteiger partial charge in [-0.25, -0.2) is 0 Å². The SMILES string of the molecule is CCN[C@H](C)CNC(=O)C1CC(=O)N(C(CC)CC)C1. The van der Waals surface area contributed by atoms with E-state index in [-0.39, 0.29) is 29.8 Å². The van der Waals surface area contributed by atoms with Crippen molar-refractivity contribution >= 4 is 11.8 Å². The molecule has 1 saturated heterocycles. The molecule has 0 radical (unpaired) electrons. The maximum atomic E-state index is 12.1. The van der Waals surface area contributed by atoms with Crippen LogP contribution < -0.4 is 10.6 Å². The summed E-state index contributed by atoms with van der Waals surface area (Å²) in [6.45, 7) is 10.3. The highest BCUT2D eigenvalue weighted by Crippen LogP contribution is 2.23. The van der Waals surface area contributed by atoms with Crippen LogP contribution in [-0.2, 0) is 9.59 Å². The molecule has 0 aliphatic carbocycles. The van der Waals surface area contributed by atoms with Crippen LogP contribution in [0.2, 0.25) is 0 Å². The van der Waals surface area contributed by atoms with Gasteiger partial charge in [0.25, 0.3) is 0 Å². The lowest BCUT2D eigenvalue weighted by atomic mass is 10.1. The van der Waals surface area contributed by atoms with Crippen molar-refractivity contribution in [3.05, 3.63) is 0 Å². The molecule has 0 bridgehead atoms. The molecule has 1 heterocycles. The Kier molecular flexibility index (Phi) is 6.99. The first-order valence-electron chi connectivity index (χ1n) is 7.83. The van der Waals surface area contributed by atoms with Crippen molar-refractivity contribution < 1.29 is 9.59 Å². The fraction of sp³-hybridized carbons (Fsp3) is 0.867. The zero-order chi connectivity index (χ0) is 15.1. The summed E-state index contributed by atoms with van der Waals surface area (Å²) in [6, 6.07) is 0.539. The number of likely N-dealkylation sites (tertiary alicyclic amines) is 1. The predicted molar refractivity (Wildman–Crippen MR) is 80.3 cm³/mol. The number of hydrogen-bond acceptors (Lipinski definition) is 3. The molecular formula is C15H29N3O2. The number of carbonyl (C=O) groups is 2. The molecule has 1 aliphatic heterocycles. The van der Waals surface area contributed by atoms with E-state index in [2.05, 4.69) is 24.5 Å². The van der Waals surface area contributed by atoms with Crippen molar-refractivity contribution in [2.75, 3.05) is 19.6 Å². The second-order valence-corrected chi connectivity index (χ2v) is 5.62. The molecule has 0 saturated carbocycles. The maximum Gasteiger partial charge on any atom is 0.225 e. The summed E-state index contributed by atoms with van der Waals surface area (Å²) in [7, 11) is 0. The van der Waals surface area contributed by atoms with Crippen LogP contribution in [0.1, 0.15) is 47.0 Å². The van der Waals surface area contributed by atoms with Gasteiger partial charge in [0.15, 0.2) is 0 Å². The Hall–Kier alpha value is -1.10. The molecule has 116 valence electrons. The highest BCUT2D eigenvalue weighted by molar-refractivity contribution is 5.89. The quantitative estimate of drug-likeness (QED) is 0.702. The summed E-state index contributed by atoms with van der Waals surface area (Å²) in [5.74, 6) is -0.0490. The van der Waals surface area contributed by atoms with Gasteiger partial charge in [-0.1, -0.05) is 20.8 Å². The van der Waals surface area contributed by atoms with E-state index in [1.807, 2.05) is 18.7 Å². The van der Waals surface area contributed by atoms with Crippen molar-refractivity contribution in [2.45, 2.75) is 59.0 Å². The molecule has 2 atom stereocenters. The van der Waals surface area contributed by atoms with E-state index >= 15 is 0 Å². The van der Waals surface area contributed by atoms with Crippen LogP contribution in [-0.4, -0.2) is 48.4 Å². The van der Waals surface area contributed by atoms with Crippen molar-refractivity contribution in [2.24, 2.45) is 5.92 Å². The zero-order valence-electron chi connectivity index (χ0n) is 13.2. The number of likely N-dealkylation sites (N-methyl/N-ethyl adjacent to an activating group) is 1. The van der Waals surface area contributed by atoms with Crippen LogP contribution in [0.3, 0.4) is 0 Å². The minimum atomic E-state index is -0.183. The van der Waals surface area contributed by atoms with E-state index in [1.165, 1.54) is 0 Å². The number of nitrogens with one attached hydrogen (secondary N) is 2. The Balaban J connectivity index is 2.45. The predicted octanol–water partition coefficient (Wildman–Crippen LogP) is 1.14. The Morgan fingerprint density at radius 2 is 2.00 bits per heavy atom. The van der Waals surface area contributed by atoms with E-state index in [0.717, 1.165) is 19.4 Å². The van der Waals surface area contributed by atoms with Gasteiger partial charge in [0.1, 0.15) is 0 Å². The van der Waals surface area contributed by atoms with Gasteiger partial charge in [0.2, 0.25) is 11.8 Å². The molecule has 5 heteroatoms. The third kappa shape index (κ3) is 4.47. The van der Waals surface area contributed by atoms with Crippen molar-refractivity contribution in [1.82, 2.24) is 15.5 Å². The molecule has 1 aliphatic rings. The van der Waals surface area contributed by atoms with Crippen molar-refractivity contribution in [3.8, 4) is 0 Å². The summed E-state index contributed by atoms with van der Waals surface area (Å²) in [5, 5.41) is 6.20. The topological polar surface area (TPSA) is 61.4 Å². The number of hydrogen-bond donors (Lipinski definition) is 2. The Morgan fingerprint density at radius 3 is 2.55 bits per heavy atom. The smallest absolute Gasteiger partial charge is 0.225 e. The van der Waals surface area contributed by atoms with Crippen LogP contribution in [0.25, 0.3) is 0 Å². The Labute approximate surface area is 122 Å². The lowest BCUT2D eigenvalue weighted by Crippen LogP contribution is -2.42. The zero-order valence-corrected chi connectivity index (χ0v) is 13.2. The number of carbonyl (C=O) groups excluding carboxylic acids is 2. The summed E-state index contributed by atoms with van der Waals surface area (Å²) in [4.78, 5) is 26.0. The average Bonchev–Trinajstić information content (AvgIpc) is 2.80. The first-order chi connectivity index (χ1) is 9.53. The fourth-order valence-electron chi connectivity index (χ4n) is 2.81. The number of nitrogens with zero attached hydrogens (tertiary/aromatic N) is 1. The number of rotatable bonds is 8. The minimum Gasteiger partial charge on any atom is -0.354 e. The normalized spacial score (nSPS) is 20.6. The van der Waals surface area contributed by atoms with E-state index in [9.17, 15) is 9.59 Å². The van der Waals surface area contributed by atoms with Gasteiger partial charge < -0.3 is 15.5 Å². The van der Waals surface area contributed by atoms with E-state index in [0.29, 0.717) is 19.5 Å². The molecule has 0 aromatic carbocycles. The second-order valence-electron chi connectivity index (χ2n) is 5.62. The molecule has 1 rings (SSSR count). The summed E-state index contributed by atoms with van der Waals surface area (Å²) < 4.78 is 0. The largest absolute Gasteiger partial charge is 0.354 e. The van der Waals surface area contributed by atoms with Gasteiger partial charge in [-0.15, -0.1) is 0 Å². The molecule has 2 amide bonds. The van der Waals surface area contributed by atoms with Gasteiger partial charge in [0, 0.05) is 31.6 Å². The van der Waals surface area contributed by atoms with Gasteiger partial charge in [-0.2, -0.15) is 0 Å². The van der Waals surface area contributed by atoms with Gasteiger partial charge in [0.05, 0.1) is 5.92 Å². The fourth-order valence-corrected chi connectivity index (χ4v) is 2.81. The maximum absolute atomic E-state index is 12.1. The van der Waals surface area contributed by atoms with Gasteiger partial charge >= 0.3 is 0 Å². The first kappa shape index (κ1) is 17.0. The minimum absolute atomic E-state index is 0.0107. The molecule has 20 heavy (non-hydrogen) atoms. The standard InChI is InChI=1S/C15H29N3O2/c1-5-13(6-2)18-10-12(8-14(18)19)15(20)17-9-11(4)16-7-3/h11-13,16H,5-10H2,1-4H3,(H,17,20)/t11-,12?/m1/s1. The Morgan fingerprint density at radius 1 is 1.35 bits per heavy atom. The lowest BCUT2D eigenvalue weighted by molar-refractivity contribution is -0.130. The highest BCUT2D eigenvalue weighted by Gasteiger charge is 2.36. The summed E-state index contributed by atoms with van der Waals surface area (Å²) >= 11 is 0. The van der Waals surface area contributed by atoms with Crippen molar-refractivity contribution in [1.29, 1.82) is 0 Å². The van der Waals surface area contributed by atoms with E-state index in [1.54, 1.807) is 0 Å². The highest BCUT2D eigenvalue weighted by atomic mass is 16.2. The molecule has 1 unspecified atom stereocenters. The van der Waals surface area contributed by atoms with Crippen LogP contribution in [0.15, 0.2) is 0 Å². The van der Waals surface area contributed by atoms with E-state index in [4.69, 9.17) is 0 Å². The molecule has 0 aromatic heterocycles. The lowest BCUT2D eigenvalue weighted by Gasteiger charge is -2.26. The third-order valence-corrected chi connectivity index (χ3v) is 4.05. The first-order valence-corrected chi connectivity index (χ1v) is 7.83. The van der Waals surface area contributed by atoms with Gasteiger partial charge in [-0.3, -0.25) is 9.59 Å². The van der Waals surface area contributed by atoms with Gasteiger partial charge in [-0.05, 0) is 26.3 Å².